The zero-order valence-electron chi connectivity index (χ0n) is 12.7. The second-order valence-electron chi connectivity index (χ2n) is 7.02. The molecule has 0 radical (unpaired) electrons. The van der Waals surface area contributed by atoms with Gasteiger partial charge in [0.15, 0.2) is 0 Å². The molecule has 1 heterocycles. The molecule has 19 heavy (non-hydrogen) atoms. The highest BCUT2D eigenvalue weighted by Gasteiger charge is 2.46. The SMILES string of the molecule is CCCC1(C(=O)O)CCN(C2CCC(C)CC2C)C1. The molecule has 1 aliphatic heterocycles. The van der Waals surface area contributed by atoms with Gasteiger partial charge in [0.1, 0.15) is 0 Å². The third-order valence-corrected chi connectivity index (χ3v) is 5.42. The molecule has 0 aromatic rings. The lowest BCUT2D eigenvalue weighted by Crippen LogP contribution is -2.44. The van der Waals surface area contributed by atoms with Crippen molar-refractivity contribution >= 4 is 5.97 Å². The van der Waals surface area contributed by atoms with Gasteiger partial charge >= 0.3 is 5.97 Å². The normalized spacial score (nSPS) is 40.5. The number of aliphatic carboxylic acids is 1. The largest absolute Gasteiger partial charge is 0.481 e. The van der Waals surface area contributed by atoms with E-state index in [1.807, 2.05) is 0 Å². The van der Waals surface area contributed by atoms with Crippen molar-refractivity contribution < 1.29 is 9.90 Å². The standard InChI is InChI=1S/C16H29NO2/c1-4-7-16(15(18)19)8-9-17(11-16)14-6-5-12(2)10-13(14)3/h12-14H,4-11H2,1-3H3,(H,18,19). The molecule has 4 unspecified atom stereocenters. The van der Waals surface area contributed by atoms with Crippen molar-refractivity contribution in [1.29, 1.82) is 0 Å². The number of likely N-dealkylation sites (tertiary alicyclic amines) is 1. The van der Waals surface area contributed by atoms with Crippen molar-refractivity contribution in [3.8, 4) is 0 Å². The first-order valence-corrected chi connectivity index (χ1v) is 7.96. The van der Waals surface area contributed by atoms with E-state index < -0.39 is 11.4 Å². The molecule has 2 aliphatic rings. The molecule has 110 valence electrons. The maximum absolute atomic E-state index is 11.6. The lowest BCUT2D eigenvalue weighted by molar-refractivity contribution is -0.148. The summed E-state index contributed by atoms with van der Waals surface area (Å²) in [6, 6.07) is 0.620. The van der Waals surface area contributed by atoms with Crippen LogP contribution in [-0.2, 0) is 4.79 Å². The summed E-state index contributed by atoms with van der Waals surface area (Å²) in [6.45, 7) is 8.55. The Kier molecular flexibility index (Phi) is 4.54. The molecule has 1 saturated heterocycles. The predicted octanol–water partition coefficient (Wildman–Crippen LogP) is 3.39. The van der Waals surface area contributed by atoms with E-state index in [0.29, 0.717) is 6.04 Å². The van der Waals surface area contributed by atoms with E-state index in [-0.39, 0.29) is 0 Å². The molecular weight excluding hydrogens is 238 g/mol. The summed E-state index contributed by atoms with van der Waals surface area (Å²) in [4.78, 5) is 14.1. The van der Waals surface area contributed by atoms with Gasteiger partial charge in [-0.05, 0) is 50.5 Å². The molecule has 3 nitrogen and oxygen atoms in total. The lowest BCUT2D eigenvalue weighted by Gasteiger charge is -2.39. The van der Waals surface area contributed by atoms with Crippen LogP contribution < -0.4 is 0 Å². The maximum atomic E-state index is 11.6. The van der Waals surface area contributed by atoms with Crippen molar-refractivity contribution in [1.82, 2.24) is 4.90 Å². The smallest absolute Gasteiger partial charge is 0.310 e. The fourth-order valence-electron chi connectivity index (χ4n) is 4.34. The third-order valence-electron chi connectivity index (χ3n) is 5.42. The van der Waals surface area contributed by atoms with Crippen molar-refractivity contribution in [2.45, 2.75) is 65.3 Å². The number of carbonyl (C=O) groups is 1. The molecule has 3 heteroatoms. The quantitative estimate of drug-likeness (QED) is 0.849. The molecule has 2 rings (SSSR count). The second kappa shape index (κ2) is 5.82. The van der Waals surface area contributed by atoms with E-state index in [4.69, 9.17) is 0 Å². The summed E-state index contributed by atoms with van der Waals surface area (Å²) in [5.74, 6) is 0.984. The molecule has 0 aromatic heterocycles. The van der Waals surface area contributed by atoms with Gasteiger partial charge in [-0.3, -0.25) is 9.69 Å². The van der Waals surface area contributed by atoms with Gasteiger partial charge in [-0.2, -0.15) is 0 Å². The van der Waals surface area contributed by atoms with Crippen LogP contribution in [0.15, 0.2) is 0 Å². The van der Waals surface area contributed by atoms with Crippen LogP contribution in [0.1, 0.15) is 59.3 Å². The average Bonchev–Trinajstić information content (AvgIpc) is 2.75. The molecule has 0 bridgehead atoms. The van der Waals surface area contributed by atoms with E-state index in [0.717, 1.165) is 44.2 Å². The van der Waals surface area contributed by atoms with Crippen molar-refractivity contribution in [3.05, 3.63) is 0 Å². The molecule has 2 fully saturated rings. The van der Waals surface area contributed by atoms with E-state index in [1.54, 1.807) is 0 Å². The van der Waals surface area contributed by atoms with Crippen LogP contribution in [-0.4, -0.2) is 35.1 Å². The Hall–Kier alpha value is -0.570. The van der Waals surface area contributed by atoms with Crippen LogP contribution in [0, 0.1) is 17.3 Å². The minimum absolute atomic E-state index is 0.461. The molecule has 0 spiro atoms. The molecule has 4 atom stereocenters. The molecule has 0 aromatic carbocycles. The van der Waals surface area contributed by atoms with Crippen LogP contribution in [0.4, 0.5) is 0 Å². The minimum Gasteiger partial charge on any atom is -0.481 e. The van der Waals surface area contributed by atoms with Crippen LogP contribution in [0.3, 0.4) is 0 Å². The van der Waals surface area contributed by atoms with Gasteiger partial charge in [0, 0.05) is 12.6 Å². The van der Waals surface area contributed by atoms with E-state index >= 15 is 0 Å². The van der Waals surface area contributed by atoms with Gasteiger partial charge in [-0.1, -0.05) is 27.2 Å². The van der Waals surface area contributed by atoms with Crippen molar-refractivity contribution in [2.75, 3.05) is 13.1 Å². The summed E-state index contributed by atoms with van der Waals surface area (Å²) in [5, 5.41) is 9.59. The van der Waals surface area contributed by atoms with E-state index in [9.17, 15) is 9.90 Å². The van der Waals surface area contributed by atoms with Crippen LogP contribution >= 0.6 is 0 Å². The zero-order chi connectivity index (χ0) is 14.0. The Morgan fingerprint density at radius 3 is 2.68 bits per heavy atom. The van der Waals surface area contributed by atoms with Gasteiger partial charge in [-0.25, -0.2) is 0 Å². The third kappa shape index (κ3) is 2.96. The van der Waals surface area contributed by atoms with Crippen molar-refractivity contribution in [3.63, 3.8) is 0 Å². The minimum atomic E-state index is -0.575. The van der Waals surface area contributed by atoms with Gasteiger partial charge in [-0.15, -0.1) is 0 Å². The van der Waals surface area contributed by atoms with Crippen LogP contribution in [0.5, 0.6) is 0 Å². The summed E-state index contributed by atoms with van der Waals surface area (Å²) in [5.41, 5.74) is -0.461. The first-order chi connectivity index (χ1) is 8.98. The first-order valence-electron chi connectivity index (χ1n) is 7.96. The van der Waals surface area contributed by atoms with Crippen LogP contribution in [0.25, 0.3) is 0 Å². The Balaban J connectivity index is 2.02. The second-order valence-corrected chi connectivity index (χ2v) is 7.02. The summed E-state index contributed by atoms with van der Waals surface area (Å²) in [6.07, 6.45) is 6.50. The van der Waals surface area contributed by atoms with Crippen LogP contribution in [0.2, 0.25) is 0 Å². The average molecular weight is 267 g/mol. The van der Waals surface area contributed by atoms with E-state index in [1.165, 1.54) is 19.3 Å². The number of hydrogen-bond donors (Lipinski definition) is 1. The first kappa shape index (κ1) is 14.8. The molecule has 1 saturated carbocycles. The lowest BCUT2D eigenvalue weighted by atomic mass is 9.78. The highest BCUT2D eigenvalue weighted by Crippen LogP contribution is 2.40. The monoisotopic (exact) mass is 267 g/mol. The highest BCUT2D eigenvalue weighted by atomic mass is 16.4. The Labute approximate surface area is 117 Å². The molecular formula is C16H29NO2. The Morgan fingerprint density at radius 1 is 1.37 bits per heavy atom. The van der Waals surface area contributed by atoms with Gasteiger partial charge in [0.05, 0.1) is 5.41 Å². The van der Waals surface area contributed by atoms with E-state index in [2.05, 4.69) is 25.7 Å². The summed E-state index contributed by atoms with van der Waals surface area (Å²) < 4.78 is 0. The fourth-order valence-corrected chi connectivity index (χ4v) is 4.34. The number of carboxylic acid groups (broad SMARTS) is 1. The number of hydrogen-bond acceptors (Lipinski definition) is 2. The number of rotatable bonds is 4. The zero-order valence-corrected chi connectivity index (χ0v) is 12.7. The topological polar surface area (TPSA) is 40.5 Å². The van der Waals surface area contributed by atoms with Gasteiger partial charge in [0.2, 0.25) is 0 Å². The number of nitrogens with zero attached hydrogens (tertiary/aromatic N) is 1. The maximum Gasteiger partial charge on any atom is 0.310 e. The fraction of sp³-hybridized carbons (Fsp3) is 0.938. The predicted molar refractivity (Wildman–Crippen MR) is 77.1 cm³/mol. The number of carboxylic acids is 1. The molecule has 1 N–H and O–H groups in total. The molecule has 1 aliphatic carbocycles. The summed E-state index contributed by atoms with van der Waals surface area (Å²) >= 11 is 0. The highest BCUT2D eigenvalue weighted by molar-refractivity contribution is 5.75. The Bertz CT molecular complexity index is 331. The summed E-state index contributed by atoms with van der Waals surface area (Å²) in [7, 11) is 0. The Morgan fingerprint density at radius 2 is 2.11 bits per heavy atom. The molecule has 0 amide bonds. The van der Waals surface area contributed by atoms with Crippen molar-refractivity contribution in [2.24, 2.45) is 17.3 Å². The van der Waals surface area contributed by atoms with Gasteiger partial charge < -0.3 is 5.11 Å². The van der Waals surface area contributed by atoms with Gasteiger partial charge in [0.25, 0.3) is 0 Å².